The van der Waals surface area contributed by atoms with E-state index in [2.05, 4.69) is 0 Å². The Bertz CT molecular complexity index is 1100. The number of carbonyl (C=O) groups is 2. The van der Waals surface area contributed by atoms with Crippen molar-refractivity contribution in [2.45, 2.75) is 32.9 Å². The van der Waals surface area contributed by atoms with Crippen molar-refractivity contribution in [2.24, 2.45) is 0 Å². The van der Waals surface area contributed by atoms with Gasteiger partial charge >= 0.3 is 0 Å². The van der Waals surface area contributed by atoms with Gasteiger partial charge in [-0.25, -0.2) is 4.39 Å². The van der Waals surface area contributed by atoms with Crippen molar-refractivity contribution in [1.29, 1.82) is 0 Å². The molecule has 9 heteroatoms. The first-order chi connectivity index (χ1) is 16.3. The number of morpholine rings is 1. The molecule has 2 fully saturated rings. The third-order valence-electron chi connectivity index (χ3n) is 6.02. The van der Waals surface area contributed by atoms with Crippen molar-refractivity contribution < 1.29 is 37.9 Å². The van der Waals surface area contributed by atoms with Gasteiger partial charge in [-0.15, -0.1) is 0 Å². The Morgan fingerprint density at radius 2 is 1.97 bits per heavy atom. The Morgan fingerprint density at radius 3 is 2.59 bits per heavy atom. The molecule has 8 nitrogen and oxygen atoms in total. The summed E-state index contributed by atoms with van der Waals surface area (Å²) >= 11 is 0. The molecule has 2 aromatic rings. The number of nitrogens with zero attached hydrogens (tertiary/aromatic N) is 1. The quantitative estimate of drug-likeness (QED) is 0.361. The first kappa shape index (κ1) is 24.0. The van der Waals surface area contributed by atoms with Crippen LogP contribution in [0.15, 0.2) is 40.3 Å². The van der Waals surface area contributed by atoms with E-state index in [0.717, 1.165) is 19.2 Å². The predicted molar refractivity (Wildman–Crippen MR) is 118 cm³/mol. The maximum absolute atomic E-state index is 14.6. The van der Waals surface area contributed by atoms with Gasteiger partial charge in [0.25, 0.3) is 5.91 Å². The van der Waals surface area contributed by atoms with E-state index in [9.17, 15) is 19.1 Å². The number of amides is 1. The monoisotopic (exact) mass is 472 g/mol. The summed E-state index contributed by atoms with van der Waals surface area (Å²) in [6.07, 6.45) is -0.242. The number of Topliss-reactive ketones (excluding diaryl/α,β-unsaturated/α-hetero) is 1. The van der Waals surface area contributed by atoms with E-state index in [1.54, 1.807) is 32.9 Å². The normalized spacial score (nSPS) is 21.0. The van der Waals surface area contributed by atoms with Crippen molar-refractivity contribution in [3.8, 4) is 5.75 Å². The minimum absolute atomic E-state index is 0.0127. The van der Waals surface area contributed by atoms with Crippen LogP contribution in [0.1, 0.15) is 37.0 Å². The summed E-state index contributed by atoms with van der Waals surface area (Å²) in [6, 6.07) is 6.21. The molecule has 1 atom stereocenters. The van der Waals surface area contributed by atoms with Gasteiger partial charge in [0.15, 0.2) is 11.6 Å². The van der Waals surface area contributed by atoms with Crippen molar-refractivity contribution in [2.75, 3.05) is 39.4 Å². The van der Waals surface area contributed by atoms with Crippen molar-refractivity contribution in [1.82, 2.24) is 4.90 Å². The number of furan rings is 1. The number of hydrogen-bond donors (Lipinski definition) is 1. The largest absolute Gasteiger partial charge is 0.872 e. The molecular weight excluding hydrogens is 443 g/mol. The van der Waals surface area contributed by atoms with Gasteiger partial charge in [-0.3, -0.25) is 9.59 Å². The highest BCUT2D eigenvalue weighted by Gasteiger charge is 2.46. The van der Waals surface area contributed by atoms with Crippen LogP contribution in [0.3, 0.4) is 0 Å². The molecule has 1 unspecified atom stereocenters. The van der Waals surface area contributed by atoms with E-state index in [-0.39, 0.29) is 29.5 Å². The minimum atomic E-state index is -0.962. The zero-order chi connectivity index (χ0) is 24.4. The molecule has 3 heterocycles. The van der Waals surface area contributed by atoms with Crippen LogP contribution in [0.25, 0.3) is 5.76 Å². The zero-order valence-corrected chi connectivity index (χ0v) is 19.6. The van der Waals surface area contributed by atoms with Gasteiger partial charge in [0.05, 0.1) is 32.4 Å². The summed E-state index contributed by atoms with van der Waals surface area (Å²) in [6.45, 7) is 9.05. The number of nitrogens with one attached hydrogen (secondary N) is 1. The van der Waals surface area contributed by atoms with Gasteiger partial charge < -0.3 is 28.8 Å². The van der Waals surface area contributed by atoms with E-state index < -0.39 is 29.3 Å². The molecule has 2 saturated heterocycles. The van der Waals surface area contributed by atoms with E-state index in [0.29, 0.717) is 31.3 Å². The lowest BCUT2D eigenvalue weighted by molar-refractivity contribution is -0.907. The maximum atomic E-state index is 14.6. The molecule has 0 spiro atoms. The van der Waals surface area contributed by atoms with Crippen molar-refractivity contribution >= 4 is 17.4 Å². The highest BCUT2D eigenvalue weighted by Crippen LogP contribution is 2.39. The average Bonchev–Trinajstić information content (AvgIpc) is 3.34. The molecule has 2 aliphatic heterocycles. The average molecular weight is 473 g/mol. The second-order valence-corrected chi connectivity index (χ2v) is 8.85. The number of ketones is 1. The van der Waals surface area contributed by atoms with Crippen LogP contribution in [0, 0.1) is 12.7 Å². The Balaban J connectivity index is 1.70. The Labute approximate surface area is 197 Å². The third kappa shape index (κ3) is 4.85. The van der Waals surface area contributed by atoms with Crippen LogP contribution in [0.2, 0.25) is 0 Å². The summed E-state index contributed by atoms with van der Waals surface area (Å²) in [4.78, 5) is 28.7. The molecule has 0 bridgehead atoms. The van der Waals surface area contributed by atoms with Crippen LogP contribution in [-0.4, -0.2) is 62.1 Å². The predicted octanol–water partition coefficient (Wildman–Crippen LogP) is 0.653. The minimum Gasteiger partial charge on any atom is -0.872 e. The van der Waals surface area contributed by atoms with E-state index in [1.165, 1.54) is 21.9 Å². The first-order valence-electron chi connectivity index (χ1n) is 11.5. The maximum Gasteiger partial charge on any atom is 0.295 e. The van der Waals surface area contributed by atoms with Crippen LogP contribution in [0.5, 0.6) is 5.75 Å². The van der Waals surface area contributed by atoms with E-state index >= 15 is 0 Å². The Morgan fingerprint density at radius 1 is 1.24 bits per heavy atom. The Kier molecular flexibility index (Phi) is 7.04. The molecule has 0 saturated carbocycles. The lowest BCUT2D eigenvalue weighted by Crippen LogP contribution is -3.14. The van der Waals surface area contributed by atoms with Gasteiger partial charge in [-0.1, -0.05) is 11.8 Å². The fourth-order valence-corrected chi connectivity index (χ4v) is 4.33. The fourth-order valence-electron chi connectivity index (χ4n) is 4.33. The van der Waals surface area contributed by atoms with Crippen molar-refractivity contribution in [3.63, 3.8) is 0 Å². The molecular formula is C25H29FN2O6. The number of rotatable bonds is 7. The van der Waals surface area contributed by atoms with Gasteiger partial charge in [0.1, 0.15) is 30.7 Å². The number of quaternary nitrogens is 1. The highest BCUT2D eigenvalue weighted by molar-refractivity contribution is 6.46. The number of ether oxygens (including phenoxy) is 2. The smallest absolute Gasteiger partial charge is 0.295 e. The second-order valence-electron chi connectivity index (χ2n) is 8.85. The van der Waals surface area contributed by atoms with Crippen LogP contribution in [0.4, 0.5) is 4.39 Å². The topological polar surface area (TPSA) is 96.5 Å². The Hall–Kier alpha value is -3.17. The van der Waals surface area contributed by atoms with Gasteiger partial charge in [0.2, 0.25) is 5.78 Å². The molecule has 1 aromatic carbocycles. The lowest BCUT2D eigenvalue weighted by Gasteiger charge is -2.29. The second kappa shape index (κ2) is 9.99. The number of carbonyl (C=O) groups excluding carboxylic acids is 2. The van der Waals surface area contributed by atoms with Crippen LogP contribution in [-0.2, 0) is 14.3 Å². The summed E-state index contributed by atoms with van der Waals surface area (Å²) in [5.74, 6) is -2.12. The van der Waals surface area contributed by atoms with Crippen molar-refractivity contribution in [3.05, 3.63) is 58.8 Å². The number of benzene rings is 1. The number of halogens is 1. The highest BCUT2D eigenvalue weighted by atomic mass is 19.1. The van der Waals surface area contributed by atoms with Gasteiger partial charge in [-0.05, 0) is 50.6 Å². The SMILES string of the molecule is Cc1ccc(C2/C(=C(\[O-])c3ccc(OC(C)C)c(F)c3)C(=O)C(=O)N2CC[NH+]2CCOCC2)o1. The first-order valence-corrected chi connectivity index (χ1v) is 11.5. The number of likely N-dealkylation sites (tertiary alicyclic amines) is 1. The molecule has 0 aliphatic carbocycles. The van der Waals surface area contributed by atoms with Gasteiger partial charge in [0, 0.05) is 5.57 Å². The summed E-state index contributed by atoms with van der Waals surface area (Å²) < 4.78 is 31.1. The standard InChI is InChI=1S/C25H29FN2O6/c1-15(2)33-19-7-5-17(14-18(19)26)23(29)21-22(20-6-4-16(3)34-20)28(25(31)24(21)30)9-8-27-10-12-32-13-11-27/h4-7,14-15,22,29H,8-13H2,1-3H3/b23-21+. The molecule has 1 amide bonds. The molecule has 1 N–H and O–H groups in total. The summed E-state index contributed by atoms with van der Waals surface area (Å²) in [5.41, 5.74) is -0.257. The molecule has 182 valence electrons. The summed E-state index contributed by atoms with van der Waals surface area (Å²) in [5, 5.41) is 13.4. The third-order valence-corrected chi connectivity index (χ3v) is 6.02. The molecule has 2 aliphatic rings. The van der Waals surface area contributed by atoms with Crippen LogP contribution < -0.4 is 14.7 Å². The number of hydrogen-bond acceptors (Lipinski definition) is 6. The van der Waals surface area contributed by atoms with Crippen LogP contribution >= 0.6 is 0 Å². The number of aryl methyl sites for hydroxylation is 1. The van der Waals surface area contributed by atoms with E-state index in [4.69, 9.17) is 13.9 Å². The summed E-state index contributed by atoms with van der Waals surface area (Å²) in [7, 11) is 0. The molecule has 1 aromatic heterocycles. The van der Waals surface area contributed by atoms with Gasteiger partial charge in [-0.2, -0.15) is 0 Å². The molecule has 34 heavy (non-hydrogen) atoms. The zero-order valence-electron chi connectivity index (χ0n) is 19.6. The fraction of sp³-hybridized carbons (Fsp3) is 0.440. The molecule has 0 radical (unpaired) electrons. The lowest BCUT2D eigenvalue weighted by atomic mass is 9.99. The van der Waals surface area contributed by atoms with E-state index in [1.807, 2.05) is 0 Å². The molecule has 4 rings (SSSR count).